The first-order chi connectivity index (χ1) is 9.56. The number of carbonyl (C=O) groups is 2. The van der Waals surface area contributed by atoms with E-state index in [4.69, 9.17) is 10.5 Å². The van der Waals surface area contributed by atoms with Crippen LogP contribution in [0.1, 0.15) is 25.8 Å². The maximum atomic E-state index is 11.7. The summed E-state index contributed by atoms with van der Waals surface area (Å²) in [5.41, 5.74) is 7.20. The normalized spacial score (nSPS) is 11.2. The number of rotatable bonds is 7. The molecule has 118 valence electrons. The van der Waals surface area contributed by atoms with Crippen LogP contribution in [0, 0.1) is 5.92 Å². The Bertz CT molecular complexity index is 449. The summed E-state index contributed by atoms with van der Waals surface area (Å²) in [6.07, 6.45) is 0.996. The van der Waals surface area contributed by atoms with Gasteiger partial charge in [-0.25, -0.2) is 0 Å². The number of halogens is 1. The Balaban J connectivity index is 0.00000400. The number of aryl methyl sites for hydroxylation is 1. The average Bonchev–Trinajstić information content (AvgIpc) is 2.46. The molecule has 3 N–H and O–H groups in total. The van der Waals surface area contributed by atoms with Crippen molar-refractivity contribution in [1.82, 2.24) is 0 Å². The fraction of sp³-hybridized carbons (Fsp3) is 0.467. The number of esters is 1. The van der Waals surface area contributed by atoms with Crippen LogP contribution in [0.15, 0.2) is 24.3 Å². The van der Waals surface area contributed by atoms with Crippen molar-refractivity contribution in [3.63, 3.8) is 0 Å². The van der Waals surface area contributed by atoms with Crippen molar-refractivity contribution in [2.75, 3.05) is 18.5 Å². The molecule has 1 rings (SSSR count). The number of hydrogen-bond donors (Lipinski definition) is 2. The van der Waals surface area contributed by atoms with Gasteiger partial charge >= 0.3 is 5.97 Å². The van der Waals surface area contributed by atoms with Gasteiger partial charge in [0.05, 0.1) is 6.61 Å². The zero-order chi connectivity index (χ0) is 15.0. The number of hydrogen-bond acceptors (Lipinski definition) is 4. The highest BCUT2D eigenvalue weighted by atomic mass is 35.5. The second-order valence-corrected chi connectivity index (χ2v) is 4.63. The van der Waals surface area contributed by atoms with Gasteiger partial charge in [-0.3, -0.25) is 9.59 Å². The van der Waals surface area contributed by atoms with Crippen molar-refractivity contribution in [3.05, 3.63) is 29.8 Å². The third-order valence-electron chi connectivity index (χ3n) is 2.95. The van der Waals surface area contributed by atoms with Crippen LogP contribution >= 0.6 is 12.4 Å². The minimum absolute atomic E-state index is 0. The summed E-state index contributed by atoms with van der Waals surface area (Å²) in [5.74, 6) is -0.494. The molecule has 5 nitrogen and oxygen atoms in total. The molecule has 6 heteroatoms. The largest absolute Gasteiger partial charge is 0.466 e. The van der Waals surface area contributed by atoms with Crippen molar-refractivity contribution < 1.29 is 14.3 Å². The first-order valence-electron chi connectivity index (χ1n) is 6.82. The maximum absolute atomic E-state index is 11.7. The number of nitrogens with two attached hydrogens (primary N) is 1. The summed E-state index contributed by atoms with van der Waals surface area (Å²) in [7, 11) is 0. The number of ether oxygens (including phenoxy) is 1. The van der Waals surface area contributed by atoms with E-state index in [1.54, 1.807) is 13.8 Å². The molecule has 21 heavy (non-hydrogen) atoms. The van der Waals surface area contributed by atoms with Crippen LogP contribution in [0.4, 0.5) is 5.69 Å². The van der Waals surface area contributed by atoms with E-state index in [-0.39, 0.29) is 30.2 Å². The van der Waals surface area contributed by atoms with E-state index in [2.05, 4.69) is 5.32 Å². The number of nitrogens with one attached hydrogen (secondary N) is 1. The highest BCUT2D eigenvalue weighted by molar-refractivity contribution is 5.92. The molecule has 1 aromatic carbocycles. The molecule has 0 spiro atoms. The molecule has 0 aliphatic heterocycles. The van der Waals surface area contributed by atoms with Gasteiger partial charge < -0.3 is 15.8 Å². The standard InChI is InChI=1S/C15H22N2O3.ClH/c1-3-20-14(18)9-6-12-4-7-13(8-5-12)17-15(19)11(2)10-16;/h4-5,7-8,11H,3,6,9-10,16H2,1-2H3,(H,17,19);1H. The zero-order valence-electron chi connectivity index (χ0n) is 12.4. The molecule has 1 amide bonds. The predicted octanol–water partition coefficient (Wildman–Crippen LogP) is 2.14. The molecule has 0 aliphatic carbocycles. The molecule has 0 saturated heterocycles. The van der Waals surface area contributed by atoms with Gasteiger partial charge in [-0.1, -0.05) is 19.1 Å². The maximum Gasteiger partial charge on any atom is 0.306 e. The molecule has 0 saturated carbocycles. The van der Waals surface area contributed by atoms with Crippen molar-refractivity contribution in [3.8, 4) is 0 Å². The van der Waals surface area contributed by atoms with Gasteiger partial charge in [0, 0.05) is 24.6 Å². The molecular weight excluding hydrogens is 292 g/mol. The Morgan fingerprint density at radius 1 is 1.29 bits per heavy atom. The number of anilines is 1. The highest BCUT2D eigenvalue weighted by Gasteiger charge is 2.10. The molecule has 0 aromatic heterocycles. The molecule has 0 fully saturated rings. The summed E-state index contributed by atoms with van der Waals surface area (Å²) >= 11 is 0. The van der Waals surface area contributed by atoms with Crippen LogP contribution in [0.2, 0.25) is 0 Å². The quantitative estimate of drug-likeness (QED) is 0.755. The lowest BCUT2D eigenvalue weighted by Gasteiger charge is -2.10. The summed E-state index contributed by atoms with van der Waals surface area (Å²) in [4.78, 5) is 22.9. The van der Waals surface area contributed by atoms with Crippen molar-refractivity contribution >= 4 is 30.0 Å². The van der Waals surface area contributed by atoms with Crippen LogP contribution in [0.5, 0.6) is 0 Å². The molecule has 1 unspecified atom stereocenters. The van der Waals surface area contributed by atoms with E-state index in [1.807, 2.05) is 24.3 Å². The van der Waals surface area contributed by atoms with Crippen LogP contribution in [-0.2, 0) is 20.7 Å². The van der Waals surface area contributed by atoms with E-state index in [9.17, 15) is 9.59 Å². The first-order valence-corrected chi connectivity index (χ1v) is 6.82. The Kier molecular flexibility index (Phi) is 9.41. The third-order valence-corrected chi connectivity index (χ3v) is 2.95. The minimum Gasteiger partial charge on any atom is -0.466 e. The topological polar surface area (TPSA) is 81.4 Å². The lowest BCUT2D eigenvalue weighted by atomic mass is 10.1. The summed E-state index contributed by atoms with van der Waals surface area (Å²) < 4.78 is 4.87. The molecule has 0 heterocycles. The van der Waals surface area contributed by atoms with Gasteiger partial charge in [0.15, 0.2) is 0 Å². The van der Waals surface area contributed by atoms with Gasteiger partial charge in [-0.05, 0) is 31.0 Å². The minimum atomic E-state index is -0.210. The molecule has 0 bridgehead atoms. The third kappa shape index (κ3) is 7.11. The predicted molar refractivity (Wildman–Crippen MR) is 85.5 cm³/mol. The monoisotopic (exact) mass is 314 g/mol. The summed E-state index contributed by atoms with van der Waals surface area (Å²) in [6, 6.07) is 7.42. The number of benzene rings is 1. The van der Waals surface area contributed by atoms with Crippen molar-refractivity contribution in [2.45, 2.75) is 26.7 Å². The average molecular weight is 315 g/mol. The Morgan fingerprint density at radius 2 is 1.90 bits per heavy atom. The van der Waals surface area contributed by atoms with E-state index in [1.165, 1.54) is 0 Å². The van der Waals surface area contributed by atoms with E-state index in [0.717, 1.165) is 11.3 Å². The van der Waals surface area contributed by atoms with Crippen molar-refractivity contribution in [1.29, 1.82) is 0 Å². The molecule has 1 aromatic rings. The lowest BCUT2D eigenvalue weighted by molar-refractivity contribution is -0.143. The van der Waals surface area contributed by atoms with Crippen LogP contribution in [0.25, 0.3) is 0 Å². The van der Waals surface area contributed by atoms with E-state index < -0.39 is 0 Å². The van der Waals surface area contributed by atoms with Gasteiger partial charge in [-0.2, -0.15) is 0 Å². The van der Waals surface area contributed by atoms with Gasteiger partial charge in [-0.15, -0.1) is 12.4 Å². The van der Waals surface area contributed by atoms with Crippen LogP contribution in [0.3, 0.4) is 0 Å². The first kappa shape index (κ1) is 19.4. The van der Waals surface area contributed by atoms with E-state index >= 15 is 0 Å². The number of amides is 1. The lowest BCUT2D eigenvalue weighted by Crippen LogP contribution is -2.26. The van der Waals surface area contributed by atoms with Gasteiger partial charge in [0.25, 0.3) is 0 Å². The van der Waals surface area contributed by atoms with E-state index in [0.29, 0.717) is 26.0 Å². The molecule has 0 aliphatic rings. The fourth-order valence-corrected chi connectivity index (χ4v) is 1.61. The molecular formula is C15H23ClN2O3. The SMILES string of the molecule is CCOC(=O)CCc1ccc(NC(=O)C(C)CN)cc1.Cl. The Morgan fingerprint density at radius 3 is 2.43 bits per heavy atom. The fourth-order valence-electron chi connectivity index (χ4n) is 1.61. The van der Waals surface area contributed by atoms with Gasteiger partial charge in [0.2, 0.25) is 5.91 Å². The highest BCUT2D eigenvalue weighted by Crippen LogP contribution is 2.12. The van der Waals surface area contributed by atoms with Crippen molar-refractivity contribution in [2.24, 2.45) is 11.7 Å². The second kappa shape index (κ2) is 10.2. The zero-order valence-corrected chi connectivity index (χ0v) is 13.2. The summed E-state index contributed by atoms with van der Waals surface area (Å²) in [5, 5.41) is 2.79. The Hall–Kier alpha value is -1.59. The smallest absolute Gasteiger partial charge is 0.306 e. The van der Waals surface area contributed by atoms with Crippen LogP contribution < -0.4 is 11.1 Å². The summed E-state index contributed by atoms with van der Waals surface area (Å²) in [6.45, 7) is 4.30. The van der Waals surface area contributed by atoms with Gasteiger partial charge in [0.1, 0.15) is 0 Å². The molecule has 0 radical (unpaired) electrons. The second-order valence-electron chi connectivity index (χ2n) is 4.63. The number of carbonyl (C=O) groups excluding carboxylic acids is 2. The van der Waals surface area contributed by atoms with Crippen LogP contribution in [-0.4, -0.2) is 25.0 Å². The Labute approximate surface area is 131 Å². The molecule has 1 atom stereocenters.